The zero-order valence-electron chi connectivity index (χ0n) is 12.2. The van der Waals surface area contributed by atoms with Crippen LogP contribution in [0.15, 0.2) is 29.4 Å². The minimum Gasteiger partial charge on any atom is -0.316 e. The van der Waals surface area contributed by atoms with Crippen molar-refractivity contribution < 1.29 is 8.42 Å². The van der Waals surface area contributed by atoms with E-state index in [2.05, 4.69) is 25.2 Å². The van der Waals surface area contributed by atoms with E-state index in [9.17, 15) is 8.42 Å². The largest absolute Gasteiger partial charge is 0.316 e. The molecule has 0 saturated heterocycles. The second kappa shape index (κ2) is 6.33. The zero-order chi connectivity index (χ0) is 15.5. The Bertz CT molecular complexity index is 697. The normalized spacial score (nSPS) is 13.3. The molecule has 1 aromatic carbocycles. The molecule has 21 heavy (non-hydrogen) atoms. The summed E-state index contributed by atoms with van der Waals surface area (Å²) in [7, 11) is -1.80. The van der Waals surface area contributed by atoms with E-state index in [1.54, 1.807) is 26.0 Å². The third kappa shape index (κ3) is 3.66. The van der Waals surface area contributed by atoms with Crippen molar-refractivity contribution in [3.05, 3.63) is 41.5 Å². The highest BCUT2D eigenvalue weighted by atomic mass is 32.2. The fourth-order valence-electron chi connectivity index (χ4n) is 2.02. The van der Waals surface area contributed by atoms with E-state index < -0.39 is 16.1 Å². The molecular formula is C13H19N5O2S. The molecule has 1 unspecified atom stereocenters. The SMILES string of the molecule is CNCc1ccc(C)c(S(=O)(=O)NC(C)c2ncn[nH]2)c1. The first-order valence-electron chi connectivity index (χ1n) is 6.56. The van der Waals surface area contributed by atoms with Gasteiger partial charge in [0.15, 0.2) is 0 Å². The number of hydrogen-bond donors (Lipinski definition) is 3. The zero-order valence-corrected chi connectivity index (χ0v) is 13.0. The molecule has 0 aliphatic carbocycles. The van der Waals surface area contributed by atoms with Gasteiger partial charge in [-0.25, -0.2) is 18.1 Å². The lowest BCUT2D eigenvalue weighted by Gasteiger charge is -2.14. The lowest BCUT2D eigenvalue weighted by molar-refractivity contribution is 0.559. The van der Waals surface area contributed by atoms with Crippen LogP contribution in [-0.4, -0.2) is 30.6 Å². The topological polar surface area (TPSA) is 99.8 Å². The predicted molar refractivity (Wildman–Crippen MR) is 79.1 cm³/mol. The van der Waals surface area contributed by atoms with E-state index in [0.29, 0.717) is 17.9 Å². The van der Waals surface area contributed by atoms with E-state index in [4.69, 9.17) is 0 Å². The van der Waals surface area contributed by atoms with Crippen molar-refractivity contribution >= 4 is 10.0 Å². The van der Waals surface area contributed by atoms with Gasteiger partial charge in [-0.15, -0.1) is 0 Å². The van der Waals surface area contributed by atoms with E-state index in [1.807, 2.05) is 13.1 Å². The van der Waals surface area contributed by atoms with E-state index in [-0.39, 0.29) is 4.90 Å². The van der Waals surface area contributed by atoms with Crippen LogP contribution in [0.2, 0.25) is 0 Å². The number of rotatable bonds is 6. The lowest BCUT2D eigenvalue weighted by atomic mass is 10.1. The standard InChI is InChI=1S/C13H19N5O2S/c1-9-4-5-11(7-14-3)6-12(9)21(19,20)18-10(2)13-15-8-16-17-13/h4-6,8,10,14,18H,7H2,1-3H3,(H,15,16,17). The van der Waals surface area contributed by atoms with Gasteiger partial charge in [0.1, 0.15) is 12.2 Å². The molecule has 0 radical (unpaired) electrons. The molecule has 0 saturated carbocycles. The van der Waals surface area contributed by atoms with Crippen LogP contribution in [0, 0.1) is 6.92 Å². The van der Waals surface area contributed by atoms with E-state index in [1.165, 1.54) is 6.33 Å². The van der Waals surface area contributed by atoms with Gasteiger partial charge in [-0.05, 0) is 38.1 Å². The van der Waals surface area contributed by atoms with Crippen molar-refractivity contribution in [2.24, 2.45) is 0 Å². The predicted octanol–water partition coefficient (Wildman–Crippen LogP) is 0.872. The van der Waals surface area contributed by atoms with Crippen LogP contribution in [-0.2, 0) is 16.6 Å². The first-order valence-corrected chi connectivity index (χ1v) is 8.04. The number of nitrogens with zero attached hydrogens (tertiary/aromatic N) is 2. The van der Waals surface area contributed by atoms with Crippen molar-refractivity contribution in [1.29, 1.82) is 0 Å². The summed E-state index contributed by atoms with van der Waals surface area (Å²) in [6.45, 7) is 4.10. The molecule has 0 spiro atoms. The van der Waals surface area contributed by atoms with Crippen LogP contribution in [0.3, 0.4) is 0 Å². The van der Waals surface area contributed by atoms with Gasteiger partial charge in [-0.2, -0.15) is 5.10 Å². The molecule has 114 valence electrons. The molecule has 0 amide bonds. The Balaban J connectivity index is 2.28. The number of aryl methyl sites for hydroxylation is 1. The Hall–Kier alpha value is -1.77. The minimum atomic E-state index is -3.62. The number of H-pyrrole nitrogens is 1. The molecule has 2 rings (SSSR count). The van der Waals surface area contributed by atoms with Crippen molar-refractivity contribution in [1.82, 2.24) is 25.2 Å². The summed E-state index contributed by atoms with van der Waals surface area (Å²) in [5.74, 6) is 0.475. The molecule has 1 heterocycles. The van der Waals surface area contributed by atoms with Gasteiger partial charge < -0.3 is 5.32 Å². The first-order chi connectivity index (χ1) is 9.94. The van der Waals surface area contributed by atoms with Crippen LogP contribution >= 0.6 is 0 Å². The molecule has 0 aliphatic heterocycles. The molecule has 7 nitrogen and oxygen atoms in total. The minimum absolute atomic E-state index is 0.279. The van der Waals surface area contributed by atoms with Gasteiger partial charge in [0.2, 0.25) is 10.0 Å². The maximum Gasteiger partial charge on any atom is 0.241 e. The van der Waals surface area contributed by atoms with E-state index >= 15 is 0 Å². The highest BCUT2D eigenvalue weighted by Gasteiger charge is 2.22. The molecular weight excluding hydrogens is 290 g/mol. The summed E-state index contributed by atoms with van der Waals surface area (Å²) < 4.78 is 27.6. The number of aromatic amines is 1. The summed E-state index contributed by atoms with van der Waals surface area (Å²) in [6.07, 6.45) is 1.35. The summed E-state index contributed by atoms with van der Waals surface area (Å²) in [5, 5.41) is 9.39. The maximum absolute atomic E-state index is 12.5. The van der Waals surface area contributed by atoms with Crippen molar-refractivity contribution in [3.8, 4) is 0 Å². The summed E-state index contributed by atoms with van der Waals surface area (Å²) in [4.78, 5) is 4.24. The molecule has 3 N–H and O–H groups in total. The van der Waals surface area contributed by atoms with Gasteiger partial charge >= 0.3 is 0 Å². The van der Waals surface area contributed by atoms with Gasteiger partial charge in [0.25, 0.3) is 0 Å². The third-order valence-electron chi connectivity index (χ3n) is 3.10. The van der Waals surface area contributed by atoms with Crippen molar-refractivity contribution in [3.63, 3.8) is 0 Å². The summed E-state index contributed by atoms with van der Waals surface area (Å²) in [5.41, 5.74) is 1.61. The molecule has 8 heteroatoms. The summed E-state index contributed by atoms with van der Waals surface area (Å²) >= 11 is 0. The Labute approximate surface area is 124 Å². The molecule has 1 atom stereocenters. The Kier molecular flexibility index (Phi) is 4.71. The monoisotopic (exact) mass is 309 g/mol. The van der Waals surface area contributed by atoms with Crippen LogP contribution in [0.25, 0.3) is 0 Å². The average molecular weight is 309 g/mol. The number of aromatic nitrogens is 3. The van der Waals surface area contributed by atoms with Gasteiger partial charge in [-0.1, -0.05) is 12.1 Å². The molecule has 0 fully saturated rings. The second-order valence-electron chi connectivity index (χ2n) is 4.84. The number of hydrogen-bond acceptors (Lipinski definition) is 5. The van der Waals surface area contributed by atoms with Crippen LogP contribution in [0.1, 0.15) is 29.9 Å². The summed E-state index contributed by atoms with van der Waals surface area (Å²) in [6, 6.07) is 4.91. The molecule has 0 aliphatic rings. The smallest absolute Gasteiger partial charge is 0.241 e. The quantitative estimate of drug-likeness (QED) is 0.735. The Morgan fingerprint density at radius 1 is 1.38 bits per heavy atom. The van der Waals surface area contributed by atoms with Crippen LogP contribution in [0.5, 0.6) is 0 Å². The van der Waals surface area contributed by atoms with Crippen molar-refractivity contribution in [2.45, 2.75) is 31.3 Å². The number of sulfonamides is 1. The fraction of sp³-hybridized carbons (Fsp3) is 0.385. The highest BCUT2D eigenvalue weighted by Crippen LogP contribution is 2.19. The van der Waals surface area contributed by atoms with Crippen LogP contribution < -0.4 is 10.0 Å². The average Bonchev–Trinajstić information content (AvgIpc) is 2.94. The van der Waals surface area contributed by atoms with Crippen LogP contribution in [0.4, 0.5) is 0 Å². The number of nitrogens with one attached hydrogen (secondary N) is 3. The van der Waals surface area contributed by atoms with Crippen molar-refractivity contribution in [2.75, 3.05) is 7.05 Å². The second-order valence-corrected chi connectivity index (χ2v) is 6.53. The van der Waals surface area contributed by atoms with Gasteiger partial charge in [0.05, 0.1) is 10.9 Å². The number of benzene rings is 1. The fourth-order valence-corrected chi connectivity index (χ4v) is 3.53. The molecule has 1 aromatic heterocycles. The lowest BCUT2D eigenvalue weighted by Crippen LogP contribution is -2.28. The highest BCUT2D eigenvalue weighted by molar-refractivity contribution is 7.89. The molecule has 2 aromatic rings. The van der Waals surface area contributed by atoms with Gasteiger partial charge in [0, 0.05) is 6.54 Å². The Morgan fingerprint density at radius 2 is 2.14 bits per heavy atom. The first kappa shape index (κ1) is 15.6. The van der Waals surface area contributed by atoms with Gasteiger partial charge in [-0.3, -0.25) is 5.10 Å². The Morgan fingerprint density at radius 3 is 2.76 bits per heavy atom. The molecule has 0 bridgehead atoms. The third-order valence-corrected chi connectivity index (χ3v) is 4.78. The van der Waals surface area contributed by atoms with E-state index in [0.717, 1.165) is 5.56 Å². The maximum atomic E-state index is 12.5.